The molecule has 0 aliphatic heterocycles. The number of hydrogen-bond acceptors (Lipinski definition) is 6. The van der Waals surface area contributed by atoms with Crippen LogP contribution in [0.3, 0.4) is 0 Å². The van der Waals surface area contributed by atoms with Gasteiger partial charge in [0.05, 0.1) is 12.7 Å². The standard InChI is InChI=1S/C23H31NO6S/c1-4-29-19-11-17-14(9-20(19)30-31(27,28)24-13(2)25)5-6-18-16(17)7-8-22(3)21(26)10-15-12-23(15,18)22/h9,11,15-16,18,21,26H,4-8,10,12H2,1-3H3,(H,24,25)/t15-,16-,18-,21-,22-,23+/m1/s1. The SMILES string of the molecule is CCOc1cc2c(cc1OS(=O)(=O)NC(C)=O)CC[C@@H]1[C@@H]2CC[C@]2(C)[C@H](O)C[C@@H]3C[C@]312. The Balaban J connectivity index is 1.50. The van der Waals surface area contributed by atoms with Gasteiger partial charge >= 0.3 is 10.3 Å². The second-order valence-electron chi connectivity index (χ2n) is 10.0. The highest BCUT2D eigenvalue weighted by atomic mass is 32.2. The summed E-state index contributed by atoms with van der Waals surface area (Å²) in [6.07, 6.45) is 5.90. The van der Waals surface area contributed by atoms with Gasteiger partial charge in [-0.2, -0.15) is 8.42 Å². The molecule has 0 saturated heterocycles. The van der Waals surface area contributed by atoms with Gasteiger partial charge in [0.15, 0.2) is 11.5 Å². The van der Waals surface area contributed by atoms with Gasteiger partial charge in [-0.3, -0.25) is 4.79 Å². The minimum Gasteiger partial charge on any atom is -0.490 e. The van der Waals surface area contributed by atoms with Crippen molar-refractivity contribution in [3.05, 3.63) is 23.3 Å². The van der Waals surface area contributed by atoms with E-state index in [1.54, 1.807) is 6.07 Å². The Labute approximate surface area is 183 Å². The van der Waals surface area contributed by atoms with E-state index >= 15 is 0 Å². The Bertz CT molecular complexity index is 1040. The molecule has 0 bridgehead atoms. The lowest BCUT2D eigenvalue weighted by molar-refractivity contribution is -0.117. The van der Waals surface area contributed by atoms with Crippen LogP contribution in [0.5, 0.6) is 11.5 Å². The predicted octanol–water partition coefficient (Wildman–Crippen LogP) is 3.06. The van der Waals surface area contributed by atoms with E-state index < -0.39 is 16.2 Å². The number of aryl methyl sites for hydroxylation is 1. The van der Waals surface area contributed by atoms with Crippen LogP contribution in [0.15, 0.2) is 12.1 Å². The molecule has 0 radical (unpaired) electrons. The fourth-order valence-electron chi connectivity index (χ4n) is 7.44. The molecule has 6 atom stereocenters. The number of carbonyl (C=O) groups excluding carboxylic acids is 1. The lowest BCUT2D eigenvalue weighted by Gasteiger charge is -2.52. The maximum absolute atomic E-state index is 12.2. The van der Waals surface area contributed by atoms with Crippen molar-refractivity contribution in [3.8, 4) is 11.5 Å². The van der Waals surface area contributed by atoms with Gasteiger partial charge in [0, 0.05) is 6.92 Å². The average molecular weight is 450 g/mol. The molecule has 3 fully saturated rings. The topological polar surface area (TPSA) is 102 Å². The molecule has 2 N–H and O–H groups in total. The third kappa shape index (κ3) is 3.01. The maximum atomic E-state index is 12.2. The third-order valence-electron chi connectivity index (χ3n) is 8.68. The Kier molecular flexibility index (Phi) is 4.65. The summed E-state index contributed by atoms with van der Waals surface area (Å²) in [5.41, 5.74) is 2.60. The second-order valence-corrected chi connectivity index (χ2v) is 11.3. The number of rotatable bonds is 5. The molecule has 1 amide bonds. The molecule has 1 aromatic carbocycles. The fraction of sp³-hybridized carbons (Fsp3) is 0.696. The average Bonchev–Trinajstić information content (AvgIpc) is 3.33. The number of carbonyl (C=O) groups is 1. The number of amides is 1. The summed E-state index contributed by atoms with van der Waals surface area (Å²) in [5, 5.41) is 10.8. The molecule has 7 nitrogen and oxygen atoms in total. The number of benzene rings is 1. The van der Waals surface area contributed by atoms with Crippen LogP contribution in [0, 0.1) is 22.7 Å². The summed E-state index contributed by atoms with van der Waals surface area (Å²) in [7, 11) is -4.26. The number of ether oxygens (including phenoxy) is 1. The van der Waals surface area contributed by atoms with Crippen LogP contribution < -0.4 is 13.6 Å². The van der Waals surface area contributed by atoms with Crippen LogP contribution in [0.1, 0.15) is 69.9 Å². The van der Waals surface area contributed by atoms with Crippen molar-refractivity contribution in [2.75, 3.05) is 6.61 Å². The fourth-order valence-corrected chi connectivity index (χ4v) is 8.20. The Morgan fingerprint density at radius 1 is 1.29 bits per heavy atom. The van der Waals surface area contributed by atoms with Gasteiger partial charge in [0.1, 0.15) is 0 Å². The van der Waals surface area contributed by atoms with E-state index in [1.807, 2.05) is 17.7 Å². The minimum absolute atomic E-state index is 0.0224. The summed E-state index contributed by atoms with van der Waals surface area (Å²) in [6.45, 7) is 5.64. The summed E-state index contributed by atoms with van der Waals surface area (Å²) in [6, 6.07) is 3.73. The zero-order valence-corrected chi connectivity index (χ0v) is 19.1. The summed E-state index contributed by atoms with van der Waals surface area (Å²) in [5.74, 6) is 1.38. The number of aliphatic hydroxyl groups excluding tert-OH is 1. The van der Waals surface area contributed by atoms with Gasteiger partial charge in [-0.15, -0.1) is 0 Å². The molecule has 31 heavy (non-hydrogen) atoms. The molecular formula is C23H31NO6S. The molecule has 5 rings (SSSR count). The molecule has 4 aliphatic carbocycles. The quantitative estimate of drug-likeness (QED) is 0.716. The predicted molar refractivity (Wildman–Crippen MR) is 114 cm³/mol. The highest BCUT2D eigenvalue weighted by Gasteiger charge is 2.76. The highest BCUT2D eigenvalue weighted by molar-refractivity contribution is 7.85. The van der Waals surface area contributed by atoms with Crippen molar-refractivity contribution in [3.63, 3.8) is 0 Å². The molecule has 1 spiro atoms. The third-order valence-corrected chi connectivity index (χ3v) is 9.62. The lowest BCUT2D eigenvalue weighted by Crippen LogP contribution is -2.47. The highest BCUT2D eigenvalue weighted by Crippen LogP contribution is 2.81. The van der Waals surface area contributed by atoms with E-state index in [2.05, 4.69) is 6.92 Å². The largest absolute Gasteiger partial charge is 0.490 e. The molecule has 4 aliphatic rings. The van der Waals surface area contributed by atoms with Crippen LogP contribution >= 0.6 is 0 Å². The molecule has 0 aromatic heterocycles. The normalized spacial score (nSPS) is 37.7. The molecule has 0 unspecified atom stereocenters. The molecular weight excluding hydrogens is 418 g/mol. The molecule has 3 saturated carbocycles. The van der Waals surface area contributed by atoms with E-state index in [0.717, 1.165) is 44.6 Å². The number of hydrogen-bond donors (Lipinski definition) is 2. The first kappa shape index (κ1) is 21.1. The number of aliphatic hydroxyl groups is 1. The van der Waals surface area contributed by atoms with Gasteiger partial charge in [-0.05, 0) is 97.3 Å². The van der Waals surface area contributed by atoms with Gasteiger partial charge in [-0.25, -0.2) is 4.72 Å². The van der Waals surface area contributed by atoms with E-state index in [4.69, 9.17) is 8.92 Å². The maximum Gasteiger partial charge on any atom is 0.409 e. The van der Waals surface area contributed by atoms with E-state index in [0.29, 0.717) is 30.1 Å². The Morgan fingerprint density at radius 3 is 2.77 bits per heavy atom. The lowest BCUT2D eigenvalue weighted by atomic mass is 9.52. The van der Waals surface area contributed by atoms with E-state index in [-0.39, 0.29) is 22.7 Å². The van der Waals surface area contributed by atoms with Crippen LogP contribution in [-0.4, -0.2) is 32.1 Å². The van der Waals surface area contributed by atoms with Crippen molar-refractivity contribution in [2.24, 2.45) is 22.7 Å². The number of nitrogens with one attached hydrogen (secondary N) is 1. The summed E-state index contributed by atoms with van der Waals surface area (Å²) < 4.78 is 37.1. The van der Waals surface area contributed by atoms with Crippen LogP contribution in [0.4, 0.5) is 0 Å². The van der Waals surface area contributed by atoms with Crippen LogP contribution in [0.25, 0.3) is 0 Å². The zero-order chi connectivity index (χ0) is 22.2. The zero-order valence-electron chi connectivity index (χ0n) is 18.3. The summed E-state index contributed by atoms with van der Waals surface area (Å²) >= 11 is 0. The van der Waals surface area contributed by atoms with Crippen LogP contribution in [-0.2, 0) is 21.5 Å². The second kappa shape index (κ2) is 6.85. The van der Waals surface area contributed by atoms with Crippen molar-refractivity contribution in [1.29, 1.82) is 0 Å². The van der Waals surface area contributed by atoms with Gasteiger partial charge in [-0.1, -0.05) is 6.92 Å². The van der Waals surface area contributed by atoms with E-state index in [9.17, 15) is 18.3 Å². The smallest absolute Gasteiger partial charge is 0.409 e. The van der Waals surface area contributed by atoms with Crippen molar-refractivity contribution < 1.29 is 27.2 Å². The van der Waals surface area contributed by atoms with Crippen molar-refractivity contribution in [2.45, 2.75) is 71.3 Å². The first-order chi connectivity index (χ1) is 14.6. The molecule has 170 valence electrons. The van der Waals surface area contributed by atoms with Crippen molar-refractivity contribution >= 4 is 16.2 Å². The first-order valence-corrected chi connectivity index (χ1v) is 12.7. The molecule has 8 heteroatoms. The van der Waals surface area contributed by atoms with Crippen LogP contribution in [0.2, 0.25) is 0 Å². The Morgan fingerprint density at radius 2 is 2.06 bits per heavy atom. The minimum atomic E-state index is -4.26. The van der Waals surface area contributed by atoms with Gasteiger partial charge in [0.2, 0.25) is 5.91 Å². The molecule has 0 heterocycles. The number of fused-ring (bicyclic) bond motifs is 3. The first-order valence-electron chi connectivity index (χ1n) is 11.3. The van der Waals surface area contributed by atoms with E-state index in [1.165, 1.54) is 12.0 Å². The van der Waals surface area contributed by atoms with Gasteiger partial charge < -0.3 is 14.0 Å². The van der Waals surface area contributed by atoms with Crippen molar-refractivity contribution in [1.82, 2.24) is 4.72 Å². The molecule has 1 aromatic rings. The summed E-state index contributed by atoms with van der Waals surface area (Å²) in [4.78, 5) is 11.2. The monoisotopic (exact) mass is 449 g/mol. The Hall–Kier alpha value is -1.80. The van der Waals surface area contributed by atoms with Gasteiger partial charge in [0.25, 0.3) is 0 Å².